The number of amides is 1. The number of carbonyl (C=O) groups excluding carboxylic acids is 2. The smallest absolute Gasteiger partial charge is 0.226 e. The zero-order valence-corrected chi connectivity index (χ0v) is 13.7. The summed E-state index contributed by atoms with van der Waals surface area (Å²) < 4.78 is 0.106. The van der Waals surface area contributed by atoms with E-state index in [0.29, 0.717) is 5.56 Å². The van der Waals surface area contributed by atoms with Crippen LogP contribution in [-0.2, 0) is 4.79 Å². The topological polar surface area (TPSA) is 66.4 Å². The Hall–Kier alpha value is -1.36. The van der Waals surface area contributed by atoms with Crippen molar-refractivity contribution < 1.29 is 14.7 Å². The van der Waals surface area contributed by atoms with Gasteiger partial charge in [-0.05, 0) is 17.4 Å². The van der Waals surface area contributed by atoms with Crippen LogP contribution in [0.15, 0.2) is 40.9 Å². The number of rotatable bonds is 5. The SMILES string of the molecule is CC1(C)[C@H](C=C(Cl)Cl)[C@H]1C(=O)N[C@H](O)C(=O)c1ccccc1. The maximum Gasteiger partial charge on any atom is 0.226 e. The second-order valence-corrected chi connectivity index (χ2v) is 6.93. The molecule has 2 rings (SSSR count). The van der Waals surface area contributed by atoms with Crippen LogP contribution in [0.2, 0.25) is 0 Å². The fraction of sp³-hybridized carbons (Fsp3) is 0.375. The molecule has 1 fully saturated rings. The second kappa shape index (κ2) is 6.41. The van der Waals surface area contributed by atoms with Gasteiger partial charge in [0.05, 0.1) is 5.92 Å². The molecule has 0 unspecified atom stereocenters. The van der Waals surface area contributed by atoms with Gasteiger partial charge in [0.15, 0.2) is 6.23 Å². The minimum Gasteiger partial charge on any atom is -0.367 e. The van der Waals surface area contributed by atoms with Crippen molar-refractivity contribution in [3.05, 3.63) is 46.5 Å². The summed E-state index contributed by atoms with van der Waals surface area (Å²) in [5, 5.41) is 12.3. The Morgan fingerprint density at radius 3 is 2.41 bits per heavy atom. The number of carbonyl (C=O) groups is 2. The number of Topliss-reactive ketones (excluding diaryl/α,β-unsaturated/α-hetero) is 1. The van der Waals surface area contributed by atoms with Gasteiger partial charge < -0.3 is 10.4 Å². The summed E-state index contributed by atoms with van der Waals surface area (Å²) in [6.07, 6.45) is 0.0427. The van der Waals surface area contributed by atoms with Gasteiger partial charge in [0.25, 0.3) is 0 Å². The van der Waals surface area contributed by atoms with Crippen LogP contribution in [0.5, 0.6) is 0 Å². The van der Waals surface area contributed by atoms with E-state index in [0.717, 1.165) is 0 Å². The Kier molecular flexibility index (Phi) is 4.95. The van der Waals surface area contributed by atoms with E-state index >= 15 is 0 Å². The second-order valence-electron chi connectivity index (χ2n) is 5.92. The molecule has 118 valence electrons. The average Bonchev–Trinajstić information content (AvgIpc) is 2.99. The van der Waals surface area contributed by atoms with Gasteiger partial charge in [-0.1, -0.05) is 67.4 Å². The van der Waals surface area contributed by atoms with E-state index < -0.39 is 17.9 Å². The van der Waals surface area contributed by atoms with Gasteiger partial charge in [-0.2, -0.15) is 0 Å². The van der Waals surface area contributed by atoms with Gasteiger partial charge >= 0.3 is 0 Å². The number of allylic oxidation sites excluding steroid dienone is 1. The van der Waals surface area contributed by atoms with Gasteiger partial charge in [-0.3, -0.25) is 9.59 Å². The molecule has 6 heteroatoms. The molecule has 2 N–H and O–H groups in total. The molecule has 0 spiro atoms. The Labute approximate surface area is 139 Å². The molecule has 22 heavy (non-hydrogen) atoms. The van der Waals surface area contributed by atoms with Crippen molar-refractivity contribution in [2.45, 2.75) is 20.1 Å². The van der Waals surface area contributed by atoms with Crippen LogP contribution >= 0.6 is 23.2 Å². The fourth-order valence-corrected chi connectivity index (χ4v) is 2.95. The van der Waals surface area contributed by atoms with Crippen LogP contribution in [-0.4, -0.2) is 23.0 Å². The van der Waals surface area contributed by atoms with Crippen LogP contribution < -0.4 is 5.32 Å². The Morgan fingerprint density at radius 2 is 1.86 bits per heavy atom. The number of benzene rings is 1. The van der Waals surface area contributed by atoms with E-state index in [2.05, 4.69) is 5.32 Å². The molecular weight excluding hydrogens is 325 g/mol. The van der Waals surface area contributed by atoms with Crippen molar-refractivity contribution in [2.75, 3.05) is 0 Å². The standard InChI is InChI=1S/C16H17Cl2NO3/c1-16(2)10(8-11(17)18)12(16)14(21)19-15(22)13(20)9-6-4-3-5-7-9/h3-8,10,12,15,22H,1-2H3,(H,19,21)/t10-,12+,15-/m1/s1. The van der Waals surface area contributed by atoms with Gasteiger partial charge in [0.2, 0.25) is 11.7 Å². The summed E-state index contributed by atoms with van der Waals surface area (Å²) in [6, 6.07) is 8.31. The molecular formula is C16H17Cl2NO3. The number of ketones is 1. The maximum absolute atomic E-state index is 12.2. The van der Waals surface area contributed by atoms with E-state index in [1.807, 2.05) is 13.8 Å². The van der Waals surface area contributed by atoms with Crippen molar-refractivity contribution in [3.8, 4) is 0 Å². The van der Waals surface area contributed by atoms with E-state index in [9.17, 15) is 14.7 Å². The number of aliphatic hydroxyl groups excluding tert-OH is 1. The molecule has 1 amide bonds. The van der Waals surface area contributed by atoms with E-state index in [1.54, 1.807) is 36.4 Å². The van der Waals surface area contributed by atoms with Crippen molar-refractivity contribution in [1.82, 2.24) is 5.32 Å². The summed E-state index contributed by atoms with van der Waals surface area (Å²) in [6.45, 7) is 3.81. The highest BCUT2D eigenvalue weighted by atomic mass is 35.5. The van der Waals surface area contributed by atoms with Crippen molar-refractivity contribution in [2.24, 2.45) is 17.3 Å². The third-order valence-electron chi connectivity index (χ3n) is 4.08. The molecule has 0 bridgehead atoms. The number of hydrogen-bond donors (Lipinski definition) is 2. The molecule has 0 aliphatic heterocycles. The molecule has 4 nitrogen and oxygen atoms in total. The van der Waals surface area contributed by atoms with E-state index in [1.165, 1.54) is 0 Å². The lowest BCUT2D eigenvalue weighted by Crippen LogP contribution is -2.42. The first-order valence-electron chi connectivity index (χ1n) is 6.85. The summed E-state index contributed by atoms with van der Waals surface area (Å²) in [4.78, 5) is 24.2. The van der Waals surface area contributed by atoms with Crippen LogP contribution in [0, 0.1) is 17.3 Å². The van der Waals surface area contributed by atoms with Gasteiger partial charge in [0.1, 0.15) is 4.49 Å². The lowest BCUT2D eigenvalue weighted by molar-refractivity contribution is -0.125. The summed E-state index contributed by atoms with van der Waals surface area (Å²) in [5.41, 5.74) is 0.0276. The molecule has 0 aromatic heterocycles. The molecule has 0 heterocycles. The first-order chi connectivity index (χ1) is 10.2. The monoisotopic (exact) mass is 341 g/mol. The van der Waals surface area contributed by atoms with Crippen LogP contribution in [0.4, 0.5) is 0 Å². The quantitative estimate of drug-likeness (QED) is 0.639. The Bertz CT molecular complexity index is 609. The van der Waals surface area contributed by atoms with E-state index in [4.69, 9.17) is 23.2 Å². The van der Waals surface area contributed by atoms with Gasteiger partial charge in [-0.15, -0.1) is 0 Å². The number of hydrogen-bond acceptors (Lipinski definition) is 3. The molecule has 0 radical (unpaired) electrons. The highest BCUT2D eigenvalue weighted by Crippen LogP contribution is 2.59. The van der Waals surface area contributed by atoms with E-state index in [-0.39, 0.29) is 21.7 Å². The van der Waals surface area contributed by atoms with Gasteiger partial charge in [0, 0.05) is 5.56 Å². The number of nitrogens with one attached hydrogen (secondary N) is 1. The molecule has 1 saturated carbocycles. The Balaban J connectivity index is 2.01. The fourth-order valence-electron chi connectivity index (χ4n) is 2.68. The predicted octanol–water partition coefficient (Wildman–Crippen LogP) is 2.90. The normalized spacial score (nSPS) is 23.3. The zero-order valence-electron chi connectivity index (χ0n) is 12.2. The first-order valence-corrected chi connectivity index (χ1v) is 7.61. The summed E-state index contributed by atoms with van der Waals surface area (Å²) >= 11 is 11.3. The maximum atomic E-state index is 12.2. The summed E-state index contributed by atoms with van der Waals surface area (Å²) in [5.74, 6) is -1.43. The average molecular weight is 342 g/mol. The summed E-state index contributed by atoms with van der Waals surface area (Å²) in [7, 11) is 0. The number of aliphatic hydroxyl groups is 1. The zero-order chi connectivity index (χ0) is 16.5. The third kappa shape index (κ3) is 3.51. The number of halogens is 2. The predicted molar refractivity (Wildman–Crippen MR) is 85.5 cm³/mol. The minimum atomic E-state index is -1.57. The van der Waals surface area contributed by atoms with Gasteiger partial charge in [-0.25, -0.2) is 0 Å². The third-order valence-corrected chi connectivity index (χ3v) is 4.34. The minimum absolute atomic E-state index is 0.106. The molecule has 1 aliphatic carbocycles. The first kappa shape index (κ1) is 17.0. The molecule has 3 atom stereocenters. The lowest BCUT2D eigenvalue weighted by atomic mass is 10.1. The van der Waals surface area contributed by atoms with Crippen molar-refractivity contribution >= 4 is 34.9 Å². The van der Waals surface area contributed by atoms with Crippen molar-refractivity contribution in [3.63, 3.8) is 0 Å². The highest BCUT2D eigenvalue weighted by molar-refractivity contribution is 6.55. The molecule has 1 aliphatic rings. The van der Waals surface area contributed by atoms with Crippen LogP contribution in [0.25, 0.3) is 0 Å². The molecule has 0 saturated heterocycles. The largest absolute Gasteiger partial charge is 0.367 e. The molecule has 1 aromatic rings. The Morgan fingerprint density at radius 1 is 1.27 bits per heavy atom. The molecule has 1 aromatic carbocycles. The van der Waals surface area contributed by atoms with Crippen LogP contribution in [0.1, 0.15) is 24.2 Å². The van der Waals surface area contributed by atoms with Crippen molar-refractivity contribution in [1.29, 1.82) is 0 Å². The highest BCUT2D eigenvalue weighted by Gasteiger charge is 2.60. The lowest BCUT2D eigenvalue weighted by Gasteiger charge is -2.12. The van der Waals surface area contributed by atoms with Crippen LogP contribution in [0.3, 0.4) is 0 Å².